The van der Waals surface area contributed by atoms with Crippen LogP contribution >= 0.6 is 0 Å². The van der Waals surface area contributed by atoms with Crippen LogP contribution in [0, 0.1) is 11.6 Å². The maximum absolute atomic E-state index is 13.4. The van der Waals surface area contributed by atoms with Gasteiger partial charge in [0.25, 0.3) is 0 Å². The van der Waals surface area contributed by atoms with E-state index in [1.807, 2.05) is 5.32 Å². The molecular formula is C13H14F2N2O4. The van der Waals surface area contributed by atoms with Gasteiger partial charge in [0.15, 0.2) is 0 Å². The lowest BCUT2D eigenvalue weighted by Crippen LogP contribution is -2.58. The Bertz CT molecular complexity index is 539. The number of amides is 2. The lowest BCUT2D eigenvalue weighted by molar-refractivity contribution is -0.148. The molecule has 1 heterocycles. The van der Waals surface area contributed by atoms with Crippen LogP contribution in [0.25, 0.3) is 0 Å². The van der Waals surface area contributed by atoms with Gasteiger partial charge in [0.2, 0.25) is 0 Å². The molecule has 0 unspecified atom stereocenters. The maximum Gasteiger partial charge on any atom is 0.329 e. The van der Waals surface area contributed by atoms with E-state index >= 15 is 0 Å². The average molecular weight is 300 g/mol. The highest BCUT2D eigenvalue weighted by Crippen LogP contribution is 2.22. The lowest BCUT2D eigenvalue weighted by atomic mass is 9.90. The van der Waals surface area contributed by atoms with E-state index in [1.165, 1.54) is 0 Å². The molecule has 21 heavy (non-hydrogen) atoms. The second-order valence-electron chi connectivity index (χ2n) is 4.68. The number of halogens is 2. The fraction of sp³-hybridized carbons (Fsp3) is 0.385. The molecule has 1 aliphatic heterocycles. The number of urea groups is 1. The molecule has 1 aromatic carbocycles. The first kappa shape index (κ1) is 15.2. The number of carboxylic acid groups (broad SMARTS) is 1. The number of carbonyl (C=O) groups is 2. The number of carboxylic acids is 1. The standard InChI is InChI=1S/C13H14F2N2O4/c14-8-2-1-3-9(15)10(8)16-12(20)17-13(11(18)19)4-6-21-7-5-13/h1-3H,4-7H2,(H,18,19)(H2,16,17,20). The van der Waals surface area contributed by atoms with Gasteiger partial charge in [0.1, 0.15) is 22.9 Å². The minimum Gasteiger partial charge on any atom is -0.480 e. The third-order valence-electron chi connectivity index (χ3n) is 3.31. The van der Waals surface area contributed by atoms with Gasteiger partial charge in [-0.2, -0.15) is 0 Å². The van der Waals surface area contributed by atoms with Crippen molar-refractivity contribution in [2.45, 2.75) is 18.4 Å². The summed E-state index contributed by atoms with van der Waals surface area (Å²) < 4.78 is 31.9. The molecule has 2 rings (SSSR count). The monoisotopic (exact) mass is 300 g/mol. The number of carbonyl (C=O) groups excluding carboxylic acids is 1. The van der Waals surface area contributed by atoms with E-state index < -0.39 is 34.9 Å². The number of benzene rings is 1. The van der Waals surface area contributed by atoms with Crippen LogP contribution in [0.5, 0.6) is 0 Å². The molecule has 3 N–H and O–H groups in total. The fourth-order valence-electron chi connectivity index (χ4n) is 2.09. The first-order valence-corrected chi connectivity index (χ1v) is 6.29. The highest BCUT2D eigenvalue weighted by molar-refractivity contribution is 5.94. The molecule has 6 nitrogen and oxygen atoms in total. The zero-order chi connectivity index (χ0) is 15.5. The number of nitrogens with one attached hydrogen (secondary N) is 2. The SMILES string of the molecule is O=C(Nc1c(F)cccc1F)NC1(C(=O)O)CCOCC1. The Morgan fingerprint density at radius 2 is 1.76 bits per heavy atom. The normalized spacial score (nSPS) is 17.0. The van der Waals surface area contributed by atoms with Crippen molar-refractivity contribution in [3.05, 3.63) is 29.8 Å². The van der Waals surface area contributed by atoms with Crippen LogP contribution in [0.3, 0.4) is 0 Å². The Hall–Kier alpha value is -2.22. The third-order valence-corrected chi connectivity index (χ3v) is 3.31. The highest BCUT2D eigenvalue weighted by atomic mass is 19.1. The van der Waals surface area contributed by atoms with Crippen molar-refractivity contribution in [2.75, 3.05) is 18.5 Å². The Balaban J connectivity index is 2.11. The molecule has 1 fully saturated rings. The van der Waals surface area contributed by atoms with Crippen LogP contribution in [0.15, 0.2) is 18.2 Å². The molecule has 1 aromatic rings. The summed E-state index contributed by atoms with van der Waals surface area (Å²) in [6, 6.07) is 2.15. The molecule has 1 aliphatic rings. The molecule has 2 amide bonds. The summed E-state index contributed by atoms with van der Waals surface area (Å²) in [5.41, 5.74) is -2.12. The van der Waals surface area contributed by atoms with Crippen LogP contribution < -0.4 is 10.6 Å². The van der Waals surface area contributed by atoms with E-state index in [4.69, 9.17) is 4.74 Å². The van der Waals surface area contributed by atoms with Gasteiger partial charge in [-0.15, -0.1) is 0 Å². The Labute approximate surface area is 119 Å². The first-order valence-electron chi connectivity index (χ1n) is 6.29. The zero-order valence-corrected chi connectivity index (χ0v) is 11.0. The van der Waals surface area contributed by atoms with Gasteiger partial charge in [0.05, 0.1) is 0 Å². The number of ether oxygens (including phenoxy) is 1. The summed E-state index contributed by atoms with van der Waals surface area (Å²) in [5.74, 6) is -3.10. The Morgan fingerprint density at radius 3 is 2.29 bits per heavy atom. The molecule has 0 aliphatic carbocycles. The minimum absolute atomic E-state index is 0.0789. The highest BCUT2D eigenvalue weighted by Gasteiger charge is 2.41. The van der Waals surface area contributed by atoms with Crippen LogP contribution in [0.2, 0.25) is 0 Å². The van der Waals surface area contributed by atoms with Crippen molar-refractivity contribution in [3.8, 4) is 0 Å². The van der Waals surface area contributed by atoms with E-state index in [-0.39, 0.29) is 26.1 Å². The van der Waals surface area contributed by atoms with Crippen molar-refractivity contribution in [1.29, 1.82) is 0 Å². The van der Waals surface area contributed by atoms with E-state index in [2.05, 4.69) is 5.32 Å². The number of hydrogen-bond donors (Lipinski definition) is 3. The molecule has 8 heteroatoms. The molecule has 0 radical (unpaired) electrons. The summed E-state index contributed by atoms with van der Waals surface area (Å²) in [4.78, 5) is 23.2. The number of anilines is 1. The van der Waals surface area contributed by atoms with E-state index in [0.717, 1.165) is 18.2 Å². The predicted octanol–water partition coefficient (Wildman–Crippen LogP) is 1.72. The quantitative estimate of drug-likeness (QED) is 0.793. The van der Waals surface area contributed by atoms with Gasteiger partial charge in [-0.1, -0.05) is 6.07 Å². The van der Waals surface area contributed by atoms with Crippen molar-refractivity contribution >= 4 is 17.7 Å². The van der Waals surface area contributed by atoms with Gasteiger partial charge < -0.3 is 20.5 Å². The average Bonchev–Trinajstić information content (AvgIpc) is 2.44. The van der Waals surface area contributed by atoms with Crippen molar-refractivity contribution in [1.82, 2.24) is 5.32 Å². The zero-order valence-electron chi connectivity index (χ0n) is 11.0. The predicted molar refractivity (Wildman–Crippen MR) is 68.9 cm³/mol. The van der Waals surface area contributed by atoms with Crippen molar-refractivity contribution in [2.24, 2.45) is 0 Å². The van der Waals surface area contributed by atoms with Crippen molar-refractivity contribution in [3.63, 3.8) is 0 Å². The van der Waals surface area contributed by atoms with Crippen LogP contribution in [0.1, 0.15) is 12.8 Å². The molecule has 0 spiro atoms. The second kappa shape index (κ2) is 6.04. The number of hydrogen-bond acceptors (Lipinski definition) is 3. The topological polar surface area (TPSA) is 87.7 Å². The molecule has 0 bridgehead atoms. The summed E-state index contributed by atoms with van der Waals surface area (Å²) in [5, 5.41) is 13.5. The van der Waals surface area contributed by atoms with E-state index in [9.17, 15) is 23.5 Å². The first-order chi connectivity index (χ1) is 9.94. The molecule has 114 valence electrons. The van der Waals surface area contributed by atoms with Gasteiger partial charge in [-0.3, -0.25) is 0 Å². The van der Waals surface area contributed by atoms with Gasteiger partial charge >= 0.3 is 12.0 Å². The summed E-state index contributed by atoms with van der Waals surface area (Å²) >= 11 is 0. The fourth-order valence-corrected chi connectivity index (χ4v) is 2.09. The van der Waals surface area contributed by atoms with E-state index in [0.29, 0.717) is 0 Å². The summed E-state index contributed by atoms with van der Waals surface area (Å²) in [7, 11) is 0. The maximum atomic E-state index is 13.4. The lowest BCUT2D eigenvalue weighted by Gasteiger charge is -2.33. The van der Waals surface area contributed by atoms with Gasteiger partial charge in [-0.05, 0) is 12.1 Å². The van der Waals surface area contributed by atoms with Gasteiger partial charge in [0, 0.05) is 26.1 Å². The van der Waals surface area contributed by atoms with Gasteiger partial charge in [-0.25, -0.2) is 18.4 Å². The largest absolute Gasteiger partial charge is 0.480 e. The van der Waals surface area contributed by atoms with Crippen molar-refractivity contribution < 1.29 is 28.2 Å². The number of para-hydroxylation sites is 1. The number of rotatable bonds is 3. The van der Waals surface area contributed by atoms with Crippen LogP contribution in [-0.2, 0) is 9.53 Å². The molecular weight excluding hydrogens is 286 g/mol. The number of aliphatic carboxylic acids is 1. The Morgan fingerprint density at radius 1 is 1.19 bits per heavy atom. The molecule has 0 atom stereocenters. The minimum atomic E-state index is -1.50. The van der Waals surface area contributed by atoms with Crippen LogP contribution in [0.4, 0.5) is 19.3 Å². The molecule has 1 saturated heterocycles. The van der Waals surface area contributed by atoms with Crippen LogP contribution in [-0.4, -0.2) is 35.9 Å². The molecule has 0 saturated carbocycles. The Kier molecular flexibility index (Phi) is 4.37. The smallest absolute Gasteiger partial charge is 0.329 e. The van der Waals surface area contributed by atoms with E-state index in [1.54, 1.807) is 0 Å². The molecule has 0 aromatic heterocycles. The summed E-state index contributed by atoms with van der Waals surface area (Å²) in [6.07, 6.45) is 0.158. The third kappa shape index (κ3) is 3.27. The second-order valence-corrected chi connectivity index (χ2v) is 4.68. The summed E-state index contributed by atoms with van der Waals surface area (Å²) in [6.45, 7) is 0.362.